The van der Waals surface area contributed by atoms with Crippen LogP contribution in [-0.2, 0) is 6.54 Å². The molecule has 0 aliphatic rings. The van der Waals surface area contributed by atoms with E-state index in [9.17, 15) is 9.90 Å². The van der Waals surface area contributed by atoms with Gasteiger partial charge in [0.15, 0.2) is 11.5 Å². The molecule has 0 saturated carbocycles. The van der Waals surface area contributed by atoms with Gasteiger partial charge in [0.2, 0.25) is 0 Å². The lowest BCUT2D eigenvalue weighted by Gasteiger charge is -2.08. The number of aryl methyl sites for hydroxylation is 1. The van der Waals surface area contributed by atoms with E-state index in [2.05, 4.69) is 15.1 Å². The Morgan fingerprint density at radius 1 is 1.09 bits per heavy atom. The van der Waals surface area contributed by atoms with Gasteiger partial charge in [0.05, 0.1) is 35.7 Å². The first-order valence-electron chi connectivity index (χ1n) is 10.6. The van der Waals surface area contributed by atoms with Gasteiger partial charge in [-0.1, -0.05) is 30.3 Å². The van der Waals surface area contributed by atoms with Crippen molar-refractivity contribution >= 4 is 29.0 Å². The summed E-state index contributed by atoms with van der Waals surface area (Å²) in [4.78, 5) is 20.8. The molecule has 5 rings (SSSR count). The van der Waals surface area contributed by atoms with Gasteiger partial charge in [0, 0.05) is 0 Å². The summed E-state index contributed by atoms with van der Waals surface area (Å²) in [5.41, 5.74) is 2.11. The number of carbonyl (C=O) groups is 1. The largest absolute Gasteiger partial charge is 0.478 e. The normalized spacial score (nSPS) is 11.3. The highest BCUT2D eigenvalue weighted by atomic mass is 16.5. The molecule has 0 bridgehead atoms. The Balaban J connectivity index is 1.46. The van der Waals surface area contributed by atoms with Crippen molar-refractivity contribution in [3.05, 3.63) is 102 Å². The highest BCUT2D eigenvalue weighted by molar-refractivity contribution is 6.03. The third kappa shape index (κ3) is 4.42. The second-order valence-electron chi connectivity index (χ2n) is 7.61. The lowest BCUT2D eigenvalue weighted by molar-refractivity contribution is 0.0699. The number of aromatic carboxylic acids is 1. The van der Waals surface area contributed by atoms with Gasteiger partial charge in [-0.3, -0.25) is 0 Å². The van der Waals surface area contributed by atoms with Gasteiger partial charge in [-0.05, 0) is 55.0 Å². The van der Waals surface area contributed by atoms with Gasteiger partial charge in [-0.15, -0.1) is 0 Å². The van der Waals surface area contributed by atoms with Crippen molar-refractivity contribution in [2.75, 3.05) is 0 Å². The van der Waals surface area contributed by atoms with Crippen molar-refractivity contribution in [2.24, 2.45) is 4.99 Å². The molecule has 8 heteroatoms. The van der Waals surface area contributed by atoms with Crippen LogP contribution in [0.15, 0.2) is 88.5 Å². The van der Waals surface area contributed by atoms with E-state index in [1.807, 2.05) is 54.6 Å². The molecule has 3 aromatic heterocycles. The van der Waals surface area contributed by atoms with Crippen LogP contribution in [0.2, 0.25) is 0 Å². The second kappa shape index (κ2) is 9.03. The van der Waals surface area contributed by atoms with Crippen LogP contribution in [0, 0.1) is 6.92 Å². The predicted molar refractivity (Wildman–Crippen MR) is 127 cm³/mol. The molecule has 0 atom stereocenters. The maximum absolute atomic E-state index is 12.0. The summed E-state index contributed by atoms with van der Waals surface area (Å²) < 4.78 is 12.8. The van der Waals surface area contributed by atoms with Crippen LogP contribution in [0.5, 0.6) is 11.5 Å². The SMILES string of the molecule is Cc1nn(Cc2ccc(Oc3ccccc3)cc2)c2nc(N=Cc3ccco3)cc(C(=O)O)c12. The molecule has 0 aliphatic heterocycles. The van der Waals surface area contributed by atoms with Crippen LogP contribution in [0.25, 0.3) is 11.0 Å². The molecule has 0 radical (unpaired) electrons. The Bertz CT molecular complexity index is 1470. The van der Waals surface area contributed by atoms with Gasteiger partial charge >= 0.3 is 5.97 Å². The summed E-state index contributed by atoms with van der Waals surface area (Å²) in [5, 5.41) is 14.8. The number of para-hydroxylation sites is 1. The second-order valence-corrected chi connectivity index (χ2v) is 7.61. The number of hydrogen-bond donors (Lipinski definition) is 1. The van der Waals surface area contributed by atoms with Crippen molar-refractivity contribution in [2.45, 2.75) is 13.5 Å². The monoisotopic (exact) mass is 452 g/mol. The quantitative estimate of drug-likeness (QED) is 0.321. The van der Waals surface area contributed by atoms with Crippen molar-refractivity contribution in [3.63, 3.8) is 0 Å². The summed E-state index contributed by atoms with van der Waals surface area (Å²) in [6, 6.07) is 22.1. The average molecular weight is 452 g/mol. The number of fused-ring (bicyclic) bond motifs is 1. The Kier molecular flexibility index (Phi) is 5.61. The van der Waals surface area contributed by atoms with E-state index in [0.29, 0.717) is 29.0 Å². The first-order valence-corrected chi connectivity index (χ1v) is 10.6. The number of carboxylic acids is 1. The molecule has 0 aliphatic carbocycles. The van der Waals surface area contributed by atoms with Crippen molar-refractivity contribution in [3.8, 4) is 11.5 Å². The number of furan rings is 1. The van der Waals surface area contributed by atoms with Crippen LogP contribution < -0.4 is 4.74 Å². The van der Waals surface area contributed by atoms with E-state index in [1.54, 1.807) is 23.7 Å². The molecular formula is C26H20N4O4. The number of rotatable bonds is 7. The lowest BCUT2D eigenvalue weighted by Crippen LogP contribution is -2.04. The first kappa shape index (κ1) is 21.1. The number of benzene rings is 2. The standard InChI is InChI=1S/C26H20N4O4/c1-17-24-22(26(31)32)14-23(27-15-21-8-5-13-33-21)28-25(24)30(29-17)16-18-9-11-20(12-10-18)34-19-6-3-2-4-7-19/h2-15H,16H2,1H3,(H,31,32). The zero-order valence-corrected chi connectivity index (χ0v) is 18.3. The van der Waals surface area contributed by atoms with Crippen molar-refractivity contribution < 1.29 is 19.1 Å². The van der Waals surface area contributed by atoms with Crippen LogP contribution in [0.1, 0.15) is 27.4 Å². The molecule has 168 valence electrons. The molecule has 3 heterocycles. The molecule has 8 nitrogen and oxygen atoms in total. The number of nitrogens with zero attached hydrogens (tertiary/aromatic N) is 4. The first-order chi connectivity index (χ1) is 16.6. The number of aliphatic imine (C=N–C) groups is 1. The summed E-state index contributed by atoms with van der Waals surface area (Å²) in [6.07, 6.45) is 3.04. The number of carboxylic acid groups (broad SMARTS) is 1. The molecule has 2 aromatic carbocycles. The molecule has 0 unspecified atom stereocenters. The fraction of sp³-hybridized carbons (Fsp3) is 0.0769. The number of hydrogen-bond acceptors (Lipinski definition) is 6. The van der Waals surface area contributed by atoms with Gasteiger partial charge in [-0.2, -0.15) is 5.10 Å². The zero-order valence-electron chi connectivity index (χ0n) is 18.3. The van der Waals surface area contributed by atoms with E-state index >= 15 is 0 Å². The maximum Gasteiger partial charge on any atom is 0.336 e. The van der Waals surface area contributed by atoms with E-state index in [0.717, 1.165) is 17.1 Å². The summed E-state index contributed by atoms with van der Waals surface area (Å²) in [7, 11) is 0. The Morgan fingerprint density at radius 2 is 1.85 bits per heavy atom. The minimum Gasteiger partial charge on any atom is -0.478 e. The molecule has 0 spiro atoms. The lowest BCUT2D eigenvalue weighted by atomic mass is 10.1. The van der Waals surface area contributed by atoms with Crippen LogP contribution in [0.3, 0.4) is 0 Å². The van der Waals surface area contributed by atoms with Crippen LogP contribution in [0.4, 0.5) is 5.82 Å². The predicted octanol–water partition coefficient (Wildman–Crippen LogP) is 5.62. The molecule has 0 fully saturated rings. The average Bonchev–Trinajstić information content (AvgIpc) is 3.47. The summed E-state index contributed by atoms with van der Waals surface area (Å²) >= 11 is 0. The van der Waals surface area contributed by atoms with Crippen LogP contribution >= 0.6 is 0 Å². The molecule has 0 amide bonds. The number of aromatic nitrogens is 3. The minimum atomic E-state index is -1.06. The summed E-state index contributed by atoms with van der Waals surface area (Å²) in [5.74, 6) is 1.22. The highest BCUT2D eigenvalue weighted by Gasteiger charge is 2.19. The van der Waals surface area contributed by atoms with Gasteiger partial charge in [0.25, 0.3) is 0 Å². The van der Waals surface area contributed by atoms with E-state index in [1.165, 1.54) is 18.5 Å². The third-order valence-corrected chi connectivity index (χ3v) is 5.20. The molecular weight excluding hydrogens is 432 g/mol. The van der Waals surface area contributed by atoms with E-state index in [4.69, 9.17) is 9.15 Å². The van der Waals surface area contributed by atoms with E-state index < -0.39 is 5.97 Å². The van der Waals surface area contributed by atoms with Crippen molar-refractivity contribution in [1.82, 2.24) is 14.8 Å². The smallest absolute Gasteiger partial charge is 0.336 e. The molecule has 1 N–H and O–H groups in total. The molecule has 5 aromatic rings. The fourth-order valence-corrected chi connectivity index (χ4v) is 3.64. The maximum atomic E-state index is 12.0. The highest BCUT2D eigenvalue weighted by Crippen LogP contribution is 2.27. The van der Waals surface area contributed by atoms with Crippen LogP contribution in [-0.4, -0.2) is 32.1 Å². The Morgan fingerprint density at radius 3 is 2.56 bits per heavy atom. The molecule has 0 saturated heterocycles. The summed E-state index contributed by atoms with van der Waals surface area (Å²) in [6.45, 7) is 2.18. The van der Waals surface area contributed by atoms with Gasteiger partial charge < -0.3 is 14.3 Å². The van der Waals surface area contributed by atoms with Crippen molar-refractivity contribution in [1.29, 1.82) is 0 Å². The van der Waals surface area contributed by atoms with Gasteiger partial charge in [0.1, 0.15) is 17.3 Å². The topological polar surface area (TPSA) is 103 Å². The van der Waals surface area contributed by atoms with E-state index in [-0.39, 0.29) is 11.4 Å². The molecule has 34 heavy (non-hydrogen) atoms. The number of pyridine rings is 1. The Labute approximate surface area is 194 Å². The van der Waals surface area contributed by atoms with Gasteiger partial charge in [-0.25, -0.2) is 19.5 Å². The fourth-order valence-electron chi connectivity index (χ4n) is 3.64. The third-order valence-electron chi connectivity index (χ3n) is 5.20. The zero-order chi connectivity index (χ0) is 23.5. The minimum absolute atomic E-state index is 0.104. The number of ether oxygens (including phenoxy) is 1. The Hall–Kier alpha value is -4.72.